The summed E-state index contributed by atoms with van der Waals surface area (Å²) in [5.41, 5.74) is 0. The van der Waals surface area contributed by atoms with Gasteiger partial charge in [0.15, 0.2) is 5.03 Å². The van der Waals surface area contributed by atoms with Gasteiger partial charge in [-0.3, -0.25) is 13.8 Å². The fraction of sp³-hybridized carbons (Fsp3) is 0.400. The molecule has 0 spiro atoms. The lowest BCUT2D eigenvalue weighted by atomic mass is 10.9. The first-order valence-corrected chi connectivity index (χ1v) is 4.70. The lowest BCUT2D eigenvalue weighted by Crippen LogP contribution is -2.19. The Morgan fingerprint density at radius 2 is 2.17 bits per heavy atom. The van der Waals surface area contributed by atoms with E-state index in [4.69, 9.17) is 5.84 Å². The summed E-state index contributed by atoms with van der Waals surface area (Å²) in [4.78, 5) is 3.74. The molecule has 1 rings (SSSR count). The minimum absolute atomic E-state index is 0.176. The predicted octanol–water partition coefficient (Wildman–Crippen LogP) is 0.183. The molecule has 1 heterocycles. The van der Waals surface area contributed by atoms with Gasteiger partial charge < -0.3 is 5.84 Å². The fourth-order valence-electron chi connectivity index (χ4n) is 0.646. The summed E-state index contributed by atoms with van der Waals surface area (Å²) in [7, 11) is 0.186. The van der Waals surface area contributed by atoms with Crippen molar-refractivity contribution < 1.29 is 9.11 Å². The van der Waals surface area contributed by atoms with Gasteiger partial charge in [-0.15, -0.1) is 0 Å². The summed E-state index contributed by atoms with van der Waals surface area (Å²) in [6.07, 6.45) is 2.68. The average Bonchev–Trinajstić information content (AvgIpc) is 2.35. The molecule has 0 bridgehead atoms. The van der Waals surface area contributed by atoms with Gasteiger partial charge >= 0.3 is 0 Å². The normalized spacial score (nSPS) is 13.8. The van der Waals surface area contributed by atoms with Crippen LogP contribution in [0.3, 0.4) is 0 Å². The van der Waals surface area contributed by atoms with E-state index >= 15 is 0 Å². The standard InChI is InChI=1S/C5H12N4O2S/c1-8(2)12(10,11)5-3-9(6)4-7-5/h3-4,10-11H,6H2,1-2H3. The smallest absolute Gasteiger partial charge is 0.183 e. The Morgan fingerprint density at radius 1 is 1.58 bits per heavy atom. The molecule has 12 heavy (non-hydrogen) atoms. The third-order valence-electron chi connectivity index (χ3n) is 1.37. The van der Waals surface area contributed by atoms with Crippen molar-refractivity contribution in [2.75, 3.05) is 19.9 Å². The van der Waals surface area contributed by atoms with Gasteiger partial charge in [-0.2, -0.15) is 0 Å². The van der Waals surface area contributed by atoms with Crippen LogP contribution in [-0.2, 0) is 0 Å². The van der Waals surface area contributed by atoms with Gasteiger partial charge in [0.25, 0.3) is 0 Å². The maximum Gasteiger partial charge on any atom is 0.183 e. The summed E-state index contributed by atoms with van der Waals surface area (Å²) in [5.74, 6) is 5.30. The second-order valence-electron chi connectivity index (χ2n) is 2.49. The highest BCUT2D eigenvalue weighted by Gasteiger charge is 2.20. The number of rotatable bonds is 2. The predicted molar refractivity (Wildman–Crippen MR) is 47.2 cm³/mol. The maximum atomic E-state index is 9.51. The van der Waals surface area contributed by atoms with E-state index in [2.05, 4.69) is 4.98 Å². The van der Waals surface area contributed by atoms with Crippen molar-refractivity contribution in [2.24, 2.45) is 0 Å². The molecule has 4 N–H and O–H groups in total. The fourth-order valence-corrected chi connectivity index (χ4v) is 1.47. The van der Waals surface area contributed by atoms with Crippen LogP contribution in [-0.4, -0.2) is 37.2 Å². The average molecular weight is 192 g/mol. The van der Waals surface area contributed by atoms with Crippen molar-refractivity contribution in [1.29, 1.82) is 0 Å². The summed E-state index contributed by atoms with van der Waals surface area (Å²) < 4.78 is 21.5. The Kier molecular flexibility index (Phi) is 2.29. The van der Waals surface area contributed by atoms with Crippen LogP contribution in [0.1, 0.15) is 0 Å². The van der Waals surface area contributed by atoms with Crippen LogP contribution in [0, 0.1) is 0 Å². The molecule has 1 aromatic heterocycles. The van der Waals surface area contributed by atoms with Crippen LogP contribution in [0.5, 0.6) is 0 Å². The largest absolute Gasteiger partial charge is 0.338 e. The van der Waals surface area contributed by atoms with Crippen molar-refractivity contribution in [1.82, 2.24) is 14.0 Å². The van der Waals surface area contributed by atoms with Gasteiger partial charge in [0.05, 0.1) is 6.20 Å². The van der Waals surface area contributed by atoms with E-state index in [0.29, 0.717) is 0 Å². The molecule has 7 heteroatoms. The zero-order chi connectivity index (χ0) is 9.35. The molecule has 0 fully saturated rings. The number of nitrogen functional groups attached to an aromatic ring is 1. The number of hydrogen-bond acceptors (Lipinski definition) is 5. The molecular weight excluding hydrogens is 180 g/mol. The van der Waals surface area contributed by atoms with E-state index in [1.54, 1.807) is 14.1 Å². The van der Waals surface area contributed by atoms with E-state index in [1.807, 2.05) is 0 Å². The molecule has 0 saturated heterocycles. The summed E-state index contributed by atoms with van der Waals surface area (Å²) in [6, 6.07) is 0. The highest BCUT2D eigenvalue weighted by atomic mass is 32.3. The molecule has 0 unspecified atom stereocenters. The van der Waals surface area contributed by atoms with Crippen molar-refractivity contribution in [2.45, 2.75) is 5.03 Å². The minimum atomic E-state index is -2.93. The van der Waals surface area contributed by atoms with Crippen molar-refractivity contribution >= 4 is 10.8 Å². The molecule has 0 aromatic carbocycles. The van der Waals surface area contributed by atoms with Crippen LogP contribution in [0.15, 0.2) is 17.6 Å². The monoisotopic (exact) mass is 192 g/mol. The molecule has 70 valence electrons. The third kappa shape index (κ3) is 1.53. The minimum Gasteiger partial charge on any atom is -0.338 e. The molecule has 0 aliphatic rings. The van der Waals surface area contributed by atoms with Gasteiger partial charge in [0.2, 0.25) is 0 Å². The van der Waals surface area contributed by atoms with E-state index < -0.39 is 10.8 Å². The molecule has 0 aliphatic heterocycles. The van der Waals surface area contributed by atoms with E-state index in [1.165, 1.54) is 21.5 Å². The Morgan fingerprint density at radius 3 is 2.50 bits per heavy atom. The molecule has 1 aromatic rings. The van der Waals surface area contributed by atoms with Gasteiger partial charge in [-0.25, -0.2) is 9.29 Å². The number of nitrogens with two attached hydrogens (primary N) is 1. The number of nitrogens with zero attached hydrogens (tertiary/aromatic N) is 3. The van der Waals surface area contributed by atoms with E-state index in [9.17, 15) is 9.11 Å². The second kappa shape index (κ2) is 2.94. The lowest BCUT2D eigenvalue weighted by molar-refractivity contribution is 0.410. The number of hydrogen-bond donors (Lipinski definition) is 3. The van der Waals surface area contributed by atoms with Crippen LogP contribution in [0.4, 0.5) is 0 Å². The van der Waals surface area contributed by atoms with Crippen LogP contribution in [0.2, 0.25) is 0 Å². The van der Waals surface area contributed by atoms with Gasteiger partial charge in [0.1, 0.15) is 6.33 Å². The Bertz CT molecular complexity index is 272. The topological polar surface area (TPSA) is 87.5 Å². The van der Waals surface area contributed by atoms with Crippen molar-refractivity contribution in [3.63, 3.8) is 0 Å². The highest BCUT2D eigenvalue weighted by Crippen LogP contribution is 2.47. The number of imidazole rings is 1. The molecular formula is C5H12N4O2S. The van der Waals surface area contributed by atoms with Gasteiger partial charge in [-0.1, -0.05) is 10.8 Å². The molecule has 0 aliphatic carbocycles. The summed E-state index contributed by atoms with van der Waals surface area (Å²) in [5, 5.41) is 0.176. The molecule has 0 saturated carbocycles. The van der Waals surface area contributed by atoms with E-state index in [0.717, 1.165) is 0 Å². The van der Waals surface area contributed by atoms with Crippen LogP contribution >= 0.6 is 10.8 Å². The van der Waals surface area contributed by atoms with E-state index in [-0.39, 0.29) is 5.03 Å². The Labute approximate surface area is 72.1 Å². The summed E-state index contributed by atoms with van der Waals surface area (Å²) >= 11 is 0. The second-order valence-corrected chi connectivity index (χ2v) is 4.68. The molecule has 6 nitrogen and oxygen atoms in total. The zero-order valence-electron chi connectivity index (χ0n) is 6.88. The van der Waals surface area contributed by atoms with Crippen molar-refractivity contribution in [3.8, 4) is 0 Å². The third-order valence-corrected chi connectivity index (χ3v) is 3.16. The van der Waals surface area contributed by atoms with Crippen molar-refractivity contribution in [3.05, 3.63) is 12.5 Å². The highest BCUT2D eigenvalue weighted by molar-refractivity contribution is 8.22. The maximum absolute atomic E-state index is 9.51. The van der Waals surface area contributed by atoms with Gasteiger partial charge in [-0.05, 0) is 0 Å². The zero-order valence-corrected chi connectivity index (χ0v) is 7.69. The van der Waals surface area contributed by atoms with Crippen LogP contribution in [0.25, 0.3) is 0 Å². The summed E-state index contributed by atoms with van der Waals surface area (Å²) in [6.45, 7) is 0. The molecule has 0 atom stereocenters. The first-order chi connectivity index (χ1) is 5.44. The first-order valence-electron chi connectivity index (χ1n) is 3.19. The Balaban J connectivity index is 2.97. The number of aromatic nitrogens is 2. The van der Waals surface area contributed by atoms with Crippen LogP contribution < -0.4 is 5.84 Å². The Hall–Kier alpha value is -0.760. The molecule has 0 amide bonds. The quantitative estimate of drug-likeness (QED) is 0.582. The molecule has 0 radical (unpaired) electrons. The SMILES string of the molecule is CN(C)S(O)(O)c1cn(N)cn1. The lowest BCUT2D eigenvalue weighted by Gasteiger charge is -2.35. The first kappa shape index (κ1) is 9.33. The van der Waals surface area contributed by atoms with Gasteiger partial charge in [0, 0.05) is 14.1 Å².